The van der Waals surface area contributed by atoms with Gasteiger partial charge in [0, 0.05) is 39.0 Å². The maximum absolute atomic E-state index is 13.6. The third-order valence-corrected chi connectivity index (χ3v) is 15.4. The van der Waals surface area contributed by atoms with Crippen molar-refractivity contribution < 1.29 is 96.8 Å². The maximum atomic E-state index is 13.6. The molecule has 4 aliphatic rings. The molecule has 5 rings (SSSR count). The van der Waals surface area contributed by atoms with Gasteiger partial charge in [0.25, 0.3) is 0 Å². The number of nitrogens with one attached hydrogen (secondary N) is 10. The molecule has 0 spiro atoms. The highest BCUT2D eigenvalue weighted by molar-refractivity contribution is 5.99. The molecule has 504 valence electrons. The number of amides is 16. The lowest BCUT2D eigenvalue weighted by atomic mass is 10.0. The van der Waals surface area contributed by atoms with Gasteiger partial charge in [0.1, 0.15) is 48.0 Å². The van der Waals surface area contributed by atoms with E-state index < -0.39 is 208 Å². The van der Waals surface area contributed by atoms with E-state index in [2.05, 4.69) is 53.2 Å². The van der Waals surface area contributed by atoms with Crippen LogP contribution < -0.4 is 70.4 Å². The molecular formula is C55H79N17O20. The standard InChI is InChI=1S/C55H79N17O20/c56-31(20-40(58)76)48(84)67-32(13-14-39(57)75)49(85)63-25-47(83)71-17-3-7-37(71)54(90)68-34(28-73)51(87)65-27-46(82)70-16-2-5-35(70)52(88)61-21-41(77)59-23-43(79)66-33(19-29-9-11-30(74)12-10-29)50(86)64-26-45(81)69-15-1-6-36(69)53(89)62-22-42(78)60-24-44(80)72-18-4-8-38(72)55(91)92/h9-12,31-38,73-74H,1-8,13-28,56H2,(H2,57,75)(H2,58,76)(H,59,77)(H,60,78)(H,61,88)(H,62,89)(H,63,85)(H,64,86)(H,65,87)(H,66,79)(H,67,84)(H,68,90)(H,91,92)/t31-,32-,33-,34-,35-,36-,37-,38-/m0/s1. The molecule has 0 aromatic heterocycles. The number of phenols is 1. The number of hydrogen-bond acceptors (Lipinski definition) is 20. The summed E-state index contributed by atoms with van der Waals surface area (Å²) in [6.45, 7) is -4.94. The topological polar surface area (TPSA) is 562 Å². The van der Waals surface area contributed by atoms with Crippen molar-refractivity contribution in [1.82, 2.24) is 72.8 Å². The number of carboxylic acid groups (broad SMARTS) is 1. The zero-order valence-electron chi connectivity index (χ0n) is 50.2. The van der Waals surface area contributed by atoms with Gasteiger partial charge in [-0.25, -0.2) is 4.79 Å². The van der Waals surface area contributed by atoms with Crippen LogP contribution in [0.4, 0.5) is 0 Å². The van der Waals surface area contributed by atoms with Crippen LogP contribution in [0.5, 0.6) is 5.75 Å². The number of benzene rings is 1. The van der Waals surface area contributed by atoms with Crippen molar-refractivity contribution >= 4 is 100 Å². The number of phenolic OH excluding ortho intramolecular Hbond substituents is 1. The van der Waals surface area contributed by atoms with E-state index in [-0.39, 0.29) is 76.9 Å². The second-order valence-electron chi connectivity index (χ2n) is 22.0. The number of carboxylic acids is 1. The number of rotatable bonds is 33. The normalized spacial score (nSPS) is 18.8. The minimum absolute atomic E-state index is 0.0470. The lowest BCUT2D eigenvalue weighted by Crippen LogP contribution is -2.57. The number of aliphatic hydroxyl groups is 1. The van der Waals surface area contributed by atoms with Crippen LogP contribution in [-0.2, 0) is 87.9 Å². The molecule has 19 N–H and O–H groups in total. The smallest absolute Gasteiger partial charge is 0.326 e. The van der Waals surface area contributed by atoms with E-state index in [9.17, 15) is 96.8 Å². The SMILES string of the molecule is NC(=O)CC[C@H](NC(=O)[C@@H](N)CC(N)=O)C(=O)NCC(=O)N1CCC[C@H]1C(=O)N[C@@H](CO)C(=O)NCC(=O)N1CCC[C@H]1C(=O)NCC(=O)NCC(=O)N[C@@H](Cc1ccc(O)cc1)C(=O)NCC(=O)N1CCC[C@H]1C(=O)NCC(=O)NCC(=O)N1CCC[C@H]1C(=O)O. The van der Waals surface area contributed by atoms with E-state index in [1.807, 2.05) is 0 Å². The minimum atomic E-state index is -1.62. The first-order chi connectivity index (χ1) is 43.7. The van der Waals surface area contributed by atoms with Crippen molar-refractivity contribution in [3.05, 3.63) is 29.8 Å². The molecule has 0 radical (unpaired) electrons. The van der Waals surface area contributed by atoms with E-state index in [0.717, 1.165) is 14.7 Å². The Bertz CT molecular complexity index is 2970. The molecule has 0 saturated carbocycles. The number of aliphatic carboxylic acids is 1. The number of likely N-dealkylation sites (tertiary alicyclic amines) is 4. The summed E-state index contributed by atoms with van der Waals surface area (Å²) < 4.78 is 0. The number of carbonyl (C=O) groups is 17. The van der Waals surface area contributed by atoms with E-state index in [4.69, 9.17) is 17.2 Å². The first-order valence-corrected chi connectivity index (χ1v) is 29.6. The van der Waals surface area contributed by atoms with Crippen LogP contribution >= 0.6 is 0 Å². The lowest BCUT2D eigenvalue weighted by Gasteiger charge is -2.27. The predicted molar refractivity (Wildman–Crippen MR) is 313 cm³/mol. The average molecular weight is 1300 g/mol. The molecule has 37 nitrogen and oxygen atoms in total. The van der Waals surface area contributed by atoms with E-state index in [0.29, 0.717) is 31.2 Å². The zero-order valence-corrected chi connectivity index (χ0v) is 50.2. The summed E-state index contributed by atoms with van der Waals surface area (Å²) in [6, 6.07) is -4.50. The van der Waals surface area contributed by atoms with Crippen LogP contribution in [0.15, 0.2) is 24.3 Å². The summed E-state index contributed by atoms with van der Waals surface area (Å²) in [5.74, 6) is -14.3. The summed E-state index contributed by atoms with van der Waals surface area (Å²) in [5, 5.41) is 52.8. The number of aromatic hydroxyl groups is 1. The van der Waals surface area contributed by atoms with Crippen molar-refractivity contribution in [2.45, 2.75) is 125 Å². The Morgan fingerprint density at radius 3 is 1.30 bits per heavy atom. The Hall–Kier alpha value is -10.1. The highest BCUT2D eigenvalue weighted by atomic mass is 16.4. The number of nitrogens with zero attached hydrogens (tertiary/aromatic N) is 4. The number of hydrogen-bond donors (Lipinski definition) is 16. The molecule has 8 atom stereocenters. The number of primary amides is 2. The van der Waals surface area contributed by atoms with Gasteiger partial charge in [0.2, 0.25) is 94.5 Å². The van der Waals surface area contributed by atoms with Crippen molar-refractivity contribution in [2.24, 2.45) is 17.2 Å². The molecule has 1 aromatic carbocycles. The molecule has 0 unspecified atom stereocenters. The first kappa shape index (κ1) is 72.7. The van der Waals surface area contributed by atoms with Gasteiger partial charge in [0.15, 0.2) is 0 Å². The van der Waals surface area contributed by atoms with Crippen molar-refractivity contribution in [3.63, 3.8) is 0 Å². The summed E-state index contributed by atoms with van der Waals surface area (Å²) >= 11 is 0. The molecule has 16 amide bonds. The molecular weight excluding hydrogens is 1220 g/mol. The maximum Gasteiger partial charge on any atom is 0.326 e. The van der Waals surface area contributed by atoms with Gasteiger partial charge in [-0.2, -0.15) is 0 Å². The molecule has 92 heavy (non-hydrogen) atoms. The van der Waals surface area contributed by atoms with Gasteiger partial charge in [-0.05, 0) is 75.5 Å². The molecule has 1 aromatic rings. The molecule has 0 aliphatic carbocycles. The van der Waals surface area contributed by atoms with Crippen molar-refractivity contribution in [1.29, 1.82) is 0 Å². The monoisotopic (exact) mass is 1300 g/mol. The summed E-state index contributed by atoms with van der Waals surface area (Å²) in [7, 11) is 0. The number of nitrogens with two attached hydrogens (primary N) is 3. The van der Waals surface area contributed by atoms with Gasteiger partial charge in [-0.1, -0.05) is 12.1 Å². The van der Waals surface area contributed by atoms with Crippen molar-refractivity contribution in [2.75, 3.05) is 78.6 Å². The molecule has 4 heterocycles. The van der Waals surface area contributed by atoms with E-state index >= 15 is 0 Å². The van der Waals surface area contributed by atoms with Crippen LogP contribution in [0, 0.1) is 0 Å². The van der Waals surface area contributed by atoms with Crippen molar-refractivity contribution in [3.8, 4) is 5.75 Å². The summed E-state index contributed by atoms with van der Waals surface area (Å²) in [6.07, 6.45) is 0.954. The number of aliphatic hydroxyl groups excluding tert-OH is 1. The summed E-state index contributed by atoms with van der Waals surface area (Å²) in [4.78, 5) is 222. The van der Waals surface area contributed by atoms with E-state index in [1.54, 1.807) is 0 Å². The largest absolute Gasteiger partial charge is 0.508 e. The quantitative estimate of drug-likeness (QED) is 0.0311. The number of carbonyl (C=O) groups excluding carboxylic acids is 16. The van der Waals surface area contributed by atoms with E-state index in [1.165, 1.54) is 29.2 Å². The Morgan fingerprint density at radius 1 is 0.457 bits per heavy atom. The van der Waals surface area contributed by atoms with Crippen LogP contribution in [0.25, 0.3) is 0 Å². The Morgan fingerprint density at radius 2 is 0.859 bits per heavy atom. The second kappa shape index (κ2) is 35.4. The molecule has 37 heteroatoms. The van der Waals surface area contributed by atoms with Crippen LogP contribution in [0.2, 0.25) is 0 Å². The Kier molecular flexibility index (Phi) is 27.9. The molecule has 4 aliphatic heterocycles. The minimum Gasteiger partial charge on any atom is -0.508 e. The third-order valence-electron chi connectivity index (χ3n) is 15.4. The highest BCUT2D eigenvalue weighted by Gasteiger charge is 2.40. The van der Waals surface area contributed by atoms with Gasteiger partial charge in [-0.15, -0.1) is 0 Å². The fraction of sp³-hybridized carbons (Fsp3) is 0.582. The zero-order chi connectivity index (χ0) is 67.8. The average Bonchev–Trinajstić information content (AvgIpc) is 1.94. The van der Waals surface area contributed by atoms with Crippen LogP contribution in [0.1, 0.15) is 76.2 Å². The van der Waals surface area contributed by atoms with Crippen LogP contribution in [0.3, 0.4) is 0 Å². The predicted octanol–water partition coefficient (Wildman–Crippen LogP) is -10.3. The molecule has 0 bridgehead atoms. The lowest BCUT2D eigenvalue weighted by molar-refractivity contribution is -0.148. The fourth-order valence-electron chi connectivity index (χ4n) is 10.6. The Balaban J connectivity index is 1.04. The van der Waals surface area contributed by atoms with Gasteiger partial charge < -0.3 is 105 Å². The van der Waals surface area contributed by atoms with Crippen LogP contribution in [-0.4, -0.2) is 262 Å². The molecule has 4 fully saturated rings. The van der Waals surface area contributed by atoms with Gasteiger partial charge in [0.05, 0.1) is 64.9 Å². The molecule has 4 saturated heterocycles. The van der Waals surface area contributed by atoms with Gasteiger partial charge in [-0.3, -0.25) is 76.7 Å². The van der Waals surface area contributed by atoms with Gasteiger partial charge >= 0.3 is 5.97 Å². The highest BCUT2D eigenvalue weighted by Crippen LogP contribution is 2.21. The first-order valence-electron chi connectivity index (χ1n) is 29.6. The summed E-state index contributed by atoms with van der Waals surface area (Å²) in [5.41, 5.74) is 16.4. The fourth-order valence-corrected chi connectivity index (χ4v) is 10.6. The second-order valence-corrected chi connectivity index (χ2v) is 22.0. The Labute approximate surface area is 525 Å². The third kappa shape index (κ3) is 22.2.